The summed E-state index contributed by atoms with van der Waals surface area (Å²) in [7, 11) is -1.69. The summed E-state index contributed by atoms with van der Waals surface area (Å²) in [6, 6.07) is 12.9. The van der Waals surface area contributed by atoms with Crippen molar-refractivity contribution in [3.8, 4) is 0 Å². The molecule has 3 aliphatic rings. The van der Waals surface area contributed by atoms with Crippen LogP contribution in [0.4, 0.5) is 11.4 Å². The number of aromatic amines is 1. The molecule has 50 heavy (non-hydrogen) atoms. The van der Waals surface area contributed by atoms with Gasteiger partial charge in [-0.1, -0.05) is 25.1 Å². The molecule has 0 bridgehead atoms. The molecule has 4 N–H and O–H groups in total. The fourth-order valence-corrected chi connectivity index (χ4v) is 11.1. The van der Waals surface area contributed by atoms with E-state index in [1.807, 2.05) is 56.5 Å². The lowest BCUT2D eigenvalue weighted by molar-refractivity contribution is -0.150. The van der Waals surface area contributed by atoms with E-state index in [0.29, 0.717) is 42.9 Å². The van der Waals surface area contributed by atoms with Crippen molar-refractivity contribution in [1.82, 2.24) is 9.88 Å². The zero-order valence-corrected chi connectivity index (χ0v) is 30.2. The smallest absolute Gasteiger partial charge is 0.305 e. The second-order valence-electron chi connectivity index (χ2n) is 14.4. The number of aliphatic hydroxyl groups is 1. The maximum absolute atomic E-state index is 14.7. The predicted octanol–water partition coefficient (Wildman–Crippen LogP) is 4.21. The normalized spacial score (nSPS) is 24.7. The quantitative estimate of drug-likeness (QED) is 0.124. The number of ether oxygens (including phenoxy) is 2. The van der Waals surface area contributed by atoms with Crippen molar-refractivity contribution in [2.24, 2.45) is 5.92 Å². The van der Waals surface area contributed by atoms with Crippen LogP contribution in [0.2, 0.25) is 18.6 Å². The summed E-state index contributed by atoms with van der Waals surface area (Å²) in [4.78, 5) is 71.8. The van der Waals surface area contributed by atoms with Crippen molar-refractivity contribution < 1.29 is 38.6 Å². The molecule has 4 heterocycles. The molecule has 3 aromatic rings. The number of aromatic nitrogens is 1. The number of amides is 3. The molecule has 0 radical (unpaired) electrons. The molecule has 0 unspecified atom stereocenters. The number of nitrogens with zero attached hydrogens (tertiary/aromatic N) is 2. The van der Waals surface area contributed by atoms with E-state index in [2.05, 4.69) is 10.3 Å². The van der Waals surface area contributed by atoms with Gasteiger partial charge in [0.15, 0.2) is 13.9 Å². The van der Waals surface area contributed by atoms with Gasteiger partial charge < -0.3 is 39.5 Å². The van der Waals surface area contributed by atoms with Gasteiger partial charge in [0.2, 0.25) is 11.8 Å². The lowest BCUT2D eigenvalue weighted by atomic mass is 9.82. The third-order valence-electron chi connectivity index (χ3n) is 10.8. The molecular weight excluding hydrogens is 657 g/mol. The number of carbonyl (C=O) groups excluding carboxylic acids is 4. The Balaban J connectivity index is 1.32. The Labute approximate surface area is 293 Å². The number of carbonyl (C=O) groups is 4. The van der Waals surface area contributed by atoms with Crippen LogP contribution in [0, 0.1) is 5.92 Å². The van der Waals surface area contributed by atoms with Gasteiger partial charge in [-0.15, -0.1) is 0 Å². The summed E-state index contributed by atoms with van der Waals surface area (Å²) in [5.74, 6) is -1.48. The van der Waals surface area contributed by atoms with Crippen LogP contribution in [0.1, 0.15) is 56.6 Å². The fraction of sp³-hybridized carbons (Fsp3) is 0.514. The lowest BCUT2D eigenvalue weighted by Gasteiger charge is -2.33. The average Bonchev–Trinajstić information content (AvgIpc) is 3.84. The molecule has 2 fully saturated rings. The van der Waals surface area contributed by atoms with Crippen molar-refractivity contribution >= 4 is 54.3 Å². The molecule has 5 atom stereocenters. The Hall–Kier alpha value is -4.04. The number of para-hydroxylation sites is 1. The summed E-state index contributed by atoms with van der Waals surface area (Å²) in [5.41, 5.74) is 1.57. The van der Waals surface area contributed by atoms with E-state index in [0.717, 1.165) is 29.3 Å². The summed E-state index contributed by atoms with van der Waals surface area (Å²) in [5, 5.41) is 13.9. The fourth-order valence-electron chi connectivity index (χ4n) is 8.52. The molecular formula is C37H48N4O8Si. The van der Waals surface area contributed by atoms with Gasteiger partial charge in [-0.05, 0) is 68.6 Å². The van der Waals surface area contributed by atoms with E-state index >= 15 is 0 Å². The average molecular weight is 705 g/mol. The minimum atomic E-state index is -3.04. The molecule has 2 aromatic carbocycles. The van der Waals surface area contributed by atoms with E-state index in [9.17, 15) is 29.1 Å². The molecule has 3 amide bonds. The molecule has 6 rings (SSSR count). The van der Waals surface area contributed by atoms with Crippen molar-refractivity contribution in [3.63, 3.8) is 0 Å². The molecule has 12 nitrogen and oxygen atoms in total. The first-order valence-electron chi connectivity index (χ1n) is 17.6. The van der Waals surface area contributed by atoms with E-state index in [-0.39, 0.29) is 55.6 Å². The Morgan fingerprint density at radius 3 is 2.68 bits per heavy atom. The van der Waals surface area contributed by atoms with Crippen molar-refractivity contribution in [2.45, 2.75) is 88.3 Å². The number of likely N-dealkylation sites (tertiary alicyclic amines) is 1. The first kappa shape index (κ1) is 35.8. The van der Waals surface area contributed by atoms with Crippen molar-refractivity contribution in [1.29, 1.82) is 0 Å². The number of H-pyrrole nitrogens is 1. The minimum Gasteiger partial charge on any atom is -0.469 e. The standard InChI is InChI=1S/C37H48N4O8Si/c1-23-35(50(3,4)47)31(20-33(44)40-17-9-10-26(40)22-42)49-37(23)28-19-25(39-32(43)18-24-21-38-29-12-6-5-11-27(24)29)14-15-30(28)41(36(37)46)16-8-7-13-34(45)48-2/h5-6,11-12,14-15,19,21,23,26,31,35,38,42,47H,7-10,13,16-18,20,22H2,1-4H3,(H,39,43)/t23-,26-,31+,35-,37+/m0/s1. The van der Waals surface area contributed by atoms with Crippen LogP contribution in [0.25, 0.3) is 10.9 Å². The lowest BCUT2D eigenvalue weighted by Crippen LogP contribution is -2.46. The molecule has 0 saturated carbocycles. The molecule has 1 spiro atoms. The third-order valence-corrected chi connectivity index (χ3v) is 13.3. The summed E-state index contributed by atoms with van der Waals surface area (Å²) < 4.78 is 11.7. The Morgan fingerprint density at radius 1 is 1.16 bits per heavy atom. The third kappa shape index (κ3) is 6.59. The van der Waals surface area contributed by atoms with E-state index in [1.54, 1.807) is 21.9 Å². The SMILES string of the molecule is COC(=O)CCCCN1C(=O)[C@]2(O[C@H](CC(=O)N3CCC[C@H]3CO)[C@@H]([Si](C)(C)O)[C@@H]2C)c2cc(NC(=O)Cc3c[nH]c4ccccc34)ccc21. The molecule has 2 saturated heterocycles. The van der Waals surface area contributed by atoms with Crippen LogP contribution in [0.5, 0.6) is 0 Å². The largest absolute Gasteiger partial charge is 0.469 e. The maximum Gasteiger partial charge on any atom is 0.305 e. The molecule has 3 aliphatic heterocycles. The molecule has 268 valence electrons. The first-order valence-corrected chi connectivity index (χ1v) is 20.6. The number of fused-ring (bicyclic) bond motifs is 3. The van der Waals surface area contributed by atoms with Gasteiger partial charge in [-0.3, -0.25) is 19.2 Å². The van der Waals surface area contributed by atoms with Gasteiger partial charge in [-0.25, -0.2) is 0 Å². The Bertz CT molecular complexity index is 1770. The Morgan fingerprint density at radius 2 is 1.94 bits per heavy atom. The second kappa shape index (κ2) is 14.3. The summed E-state index contributed by atoms with van der Waals surface area (Å²) in [6.45, 7) is 6.29. The maximum atomic E-state index is 14.7. The monoisotopic (exact) mass is 704 g/mol. The van der Waals surface area contributed by atoms with Crippen LogP contribution in [-0.2, 0) is 40.7 Å². The van der Waals surface area contributed by atoms with Crippen LogP contribution in [0.3, 0.4) is 0 Å². The number of benzene rings is 2. The van der Waals surface area contributed by atoms with E-state index in [4.69, 9.17) is 9.47 Å². The zero-order chi connectivity index (χ0) is 35.8. The number of hydrogen-bond acceptors (Lipinski definition) is 8. The zero-order valence-electron chi connectivity index (χ0n) is 29.2. The number of hydrogen-bond donors (Lipinski definition) is 4. The van der Waals surface area contributed by atoms with E-state index < -0.39 is 31.5 Å². The number of anilines is 2. The number of rotatable bonds is 12. The number of unbranched alkanes of at least 4 members (excludes halogenated alkanes) is 1. The van der Waals surface area contributed by atoms with Gasteiger partial charge in [-0.2, -0.15) is 0 Å². The minimum absolute atomic E-state index is 0.0208. The molecule has 1 aromatic heterocycles. The Kier molecular flexibility index (Phi) is 10.2. The summed E-state index contributed by atoms with van der Waals surface area (Å²) >= 11 is 0. The predicted molar refractivity (Wildman–Crippen MR) is 191 cm³/mol. The van der Waals surface area contributed by atoms with Gasteiger partial charge >= 0.3 is 5.97 Å². The highest BCUT2D eigenvalue weighted by Crippen LogP contribution is 2.60. The van der Waals surface area contributed by atoms with Crippen LogP contribution in [0.15, 0.2) is 48.7 Å². The molecule has 13 heteroatoms. The highest BCUT2D eigenvalue weighted by atomic mass is 28.4. The van der Waals surface area contributed by atoms with Crippen molar-refractivity contribution in [3.05, 3.63) is 59.8 Å². The van der Waals surface area contributed by atoms with Crippen LogP contribution in [-0.4, -0.2) is 90.7 Å². The number of nitrogens with one attached hydrogen (secondary N) is 2. The topological polar surface area (TPSA) is 161 Å². The molecule has 0 aliphatic carbocycles. The van der Waals surface area contributed by atoms with Gasteiger partial charge in [0.05, 0.1) is 44.4 Å². The second-order valence-corrected chi connectivity index (χ2v) is 18.4. The van der Waals surface area contributed by atoms with E-state index in [1.165, 1.54) is 7.11 Å². The van der Waals surface area contributed by atoms with Gasteiger partial charge in [0, 0.05) is 59.3 Å². The van der Waals surface area contributed by atoms with Gasteiger partial charge in [0.25, 0.3) is 5.91 Å². The van der Waals surface area contributed by atoms with Gasteiger partial charge in [0.1, 0.15) is 0 Å². The highest BCUT2D eigenvalue weighted by molar-refractivity contribution is 6.71. The number of aliphatic hydroxyl groups excluding tert-OH is 1. The highest BCUT2D eigenvalue weighted by Gasteiger charge is 2.66. The summed E-state index contributed by atoms with van der Waals surface area (Å²) in [6.07, 6.45) is 4.04. The van der Waals surface area contributed by atoms with Crippen LogP contribution >= 0.6 is 0 Å². The first-order chi connectivity index (χ1) is 23.9. The van der Waals surface area contributed by atoms with Crippen LogP contribution < -0.4 is 10.2 Å². The number of methoxy groups -OCH3 is 1. The number of esters is 1. The van der Waals surface area contributed by atoms with Crippen molar-refractivity contribution in [2.75, 3.05) is 37.0 Å².